The van der Waals surface area contributed by atoms with E-state index in [9.17, 15) is 4.79 Å². The van der Waals surface area contributed by atoms with Gasteiger partial charge in [-0.05, 0) is 56.2 Å². The zero-order valence-electron chi connectivity index (χ0n) is 18.7. The molecule has 4 rings (SSSR count). The predicted octanol–water partition coefficient (Wildman–Crippen LogP) is 3.28. The molecule has 1 amide bonds. The first-order chi connectivity index (χ1) is 14.5. The average molecular weight is 413 g/mol. The fourth-order valence-corrected chi connectivity index (χ4v) is 5.45. The summed E-state index contributed by atoms with van der Waals surface area (Å²) < 4.78 is 5.74. The Morgan fingerprint density at radius 2 is 1.77 bits per heavy atom. The number of nitrogens with zero attached hydrogens (tertiary/aromatic N) is 3. The number of nitrogens with one attached hydrogen (secondary N) is 1. The van der Waals surface area contributed by atoms with Crippen LogP contribution in [0.25, 0.3) is 0 Å². The Morgan fingerprint density at radius 3 is 2.40 bits per heavy atom. The Hall–Kier alpha value is -2.08. The first kappa shape index (κ1) is 21.2. The third-order valence-corrected chi connectivity index (χ3v) is 6.97. The van der Waals surface area contributed by atoms with E-state index in [1.165, 1.54) is 32.1 Å². The number of likely N-dealkylation sites (tertiary alicyclic amines) is 1. The summed E-state index contributed by atoms with van der Waals surface area (Å²) in [7, 11) is 1.87. The van der Waals surface area contributed by atoms with Crippen LogP contribution in [0, 0.1) is 5.41 Å². The highest BCUT2D eigenvalue weighted by molar-refractivity contribution is 5.94. The monoisotopic (exact) mass is 412 g/mol. The largest absolute Gasteiger partial charge is 0.372 e. The second kappa shape index (κ2) is 8.96. The number of carbonyl (C=O) groups excluding carboxylic acids is 1. The number of rotatable bonds is 3. The molecular formula is C24H36N4O2. The van der Waals surface area contributed by atoms with E-state index in [2.05, 4.69) is 15.2 Å². The van der Waals surface area contributed by atoms with Gasteiger partial charge in [0.2, 0.25) is 0 Å². The molecule has 0 aromatic heterocycles. The standard InChI is InChI=1S/C24H36N4O2/c1-18-15-28(16-19(2)30-18)22(29)21-8-6-20(7-9-21)14-26-23(25-3)27-13-12-24(17-27)10-4-5-11-24/h6-9,18-19H,4-5,10-17H2,1-3H3,(H,25,26). The van der Waals surface area contributed by atoms with Crippen LogP contribution in [0.3, 0.4) is 0 Å². The van der Waals surface area contributed by atoms with Crippen molar-refractivity contribution in [3.8, 4) is 0 Å². The van der Waals surface area contributed by atoms with E-state index in [0.717, 1.165) is 36.7 Å². The van der Waals surface area contributed by atoms with E-state index in [0.29, 0.717) is 18.5 Å². The number of guanidine groups is 1. The molecule has 1 aromatic rings. The van der Waals surface area contributed by atoms with Crippen LogP contribution in [0.5, 0.6) is 0 Å². The molecule has 1 saturated carbocycles. The number of ether oxygens (including phenoxy) is 1. The van der Waals surface area contributed by atoms with E-state index in [1.807, 2.05) is 50.1 Å². The summed E-state index contributed by atoms with van der Waals surface area (Å²) in [4.78, 5) is 21.7. The molecule has 3 aliphatic rings. The minimum Gasteiger partial charge on any atom is -0.372 e. The first-order valence-corrected chi connectivity index (χ1v) is 11.5. The van der Waals surface area contributed by atoms with Crippen molar-refractivity contribution >= 4 is 11.9 Å². The lowest BCUT2D eigenvalue weighted by atomic mass is 9.86. The lowest BCUT2D eigenvalue weighted by Crippen LogP contribution is -2.48. The molecule has 1 N–H and O–H groups in total. The van der Waals surface area contributed by atoms with Crippen molar-refractivity contribution in [1.29, 1.82) is 0 Å². The maximum atomic E-state index is 12.8. The van der Waals surface area contributed by atoms with Crippen molar-refractivity contribution in [2.24, 2.45) is 10.4 Å². The average Bonchev–Trinajstić information content (AvgIpc) is 3.37. The number of hydrogen-bond acceptors (Lipinski definition) is 3. The molecular weight excluding hydrogens is 376 g/mol. The Labute approximate surface area is 180 Å². The fourth-order valence-electron chi connectivity index (χ4n) is 5.45. The van der Waals surface area contributed by atoms with Crippen molar-refractivity contribution in [3.05, 3.63) is 35.4 Å². The van der Waals surface area contributed by atoms with Gasteiger partial charge in [-0.1, -0.05) is 25.0 Å². The van der Waals surface area contributed by atoms with E-state index in [1.54, 1.807) is 0 Å². The lowest BCUT2D eigenvalue weighted by Gasteiger charge is -2.35. The lowest BCUT2D eigenvalue weighted by molar-refractivity contribution is -0.0586. The van der Waals surface area contributed by atoms with Gasteiger partial charge in [-0.3, -0.25) is 9.79 Å². The second-order valence-corrected chi connectivity index (χ2v) is 9.44. The molecule has 2 atom stereocenters. The van der Waals surface area contributed by atoms with E-state index < -0.39 is 0 Å². The van der Waals surface area contributed by atoms with Crippen molar-refractivity contribution in [1.82, 2.24) is 15.1 Å². The minimum atomic E-state index is 0.0851. The number of morpholine rings is 1. The molecule has 2 unspecified atom stereocenters. The van der Waals surface area contributed by atoms with Gasteiger partial charge in [0.15, 0.2) is 5.96 Å². The van der Waals surface area contributed by atoms with E-state index in [-0.39, 0.29) is 18.1 Å². The predicted molar refractivity (Wildman–Crippen MR) is 120 cm³/mol. The molecule has 3 fully saturated rings. The molecule has 30 heavy (non-hydrogen) atoms. The Morgan fingerprint density at radius 1 is 1.10 bits per heavy atom. The smallest absolute Gasteiger partial charge is 0.254 e. The van der Waals surface area contributed by atoms with Gasteiger partial charge in [-0.15, -0.1) is 0 Å². The summed E-state index contributed by atoms with van der Waals surface area (Å²) in [6.07, 6.45) is 6.97. The first-order valence-electron chi connectivity index (χ1n) is 11.5. The SMILES string of the molecule is CN=C(NCc1ccc(C(=O)N2CC(C)OC(C)C2)cc1)N1CCC2(CCCC2)C1. The maximum absolute atomic E-state index is 12.8. The van der Waals surface area contributed by atoms with Gasteiger partial charge < -0.3 is 19.9 Å². The number of aliphatic imine (C=N–C) groups is 1. The Bertz CT molecular complexity index is 760. The van der Waals surface area contributed by atoms with Crippen molar-refractivity contribution in [2.45, 2.75) is 64.7 Å². The van der Waals surface area contributed by atoms with Crippen LogP contribution in [-0.2, 0) is 11.3 Å². The van der Waals surface area contributed by atoms with Gasteiger partial charge in [0.05, 0.1) is 12.2 Å². The summed E-state index contributed by atoms with van der Waals surface area (Å²) in [5.41, 5.74) is 2.44. The molecule has 2 aliphatic heterocycles. The normalized spacial score (nSPS) is 26.4. The van der Waals surface area contributed by atoms with Gasteiger partial charge in [-0.2, -0.15) is 0 Å². The summed E-state index contributed by atoms with van der Waals surface area (Å²) in [5, 5.41) is 3.52. The zero-order valence-corrected chi connectivity index (χ0v) is 18.7. The molecule has 164 valence electrons. The summed E-state index contributed by atoms with van der Waals surface area (Å²) >= 11 is 0. The molecule has 1 spiro atoms. The number of benzene rings is 1. The molecule has 0 bridgehead atoms. The van der Waals surface area contributed by atoms with Gasteiger partial charge >= 0.3 is 0 Å². The van der Waals surface area contributed by atoms with Crippen molar-refractivity contribution in [3.63, 3.8) is 0 Å². The van der Waals surface area contributed by atoms with Crippen LogP contribution < -0.4 is 5.32 Å². The second-order valence-electron chi connectivity index (χ2n) is 9.44. The molecule has 0 radical (unpaired) electrons. The number of amides is 1. The van der Waals surface area contributed by atoms with Crippen molar-refractivity contribution in [2.75, 3.05) is 33.2 Å². The highest BCUT2D eigenvalue weighted by atomic mass is 16.5. The summed E-state index contributed by atoms with van der Waals surface area (Å²) in [6, 6.07) is 7.97. The minimum absolute atomic E-state index is 0.0851. The molecule has 6 heteroatoms. The molecule has 2 heterocycles. The van der Waals surface area contributed by atoms with E-state index in [4.69, 9.17) is 4.74 Å². The van der Waals surface area contributed by atoms with Crippen LogP contribution in [-0.4, -0.2) is 67.1 Å². The van der Waals surface area contributed by atoms with Crippen LogP contribution in [0.4, 0.5) is 0 Å². The highest BCUT2D eigenvalue weighted by Crippen LogP contribution is 2.45. The molecule has 2 saturated heterocycles. The maximum Gasteiger partial charge on any atom is 0.254 e. The summed E-state index contributed by atoms with van der Waals surface area (Å²) in [5.74, 6) is 1.08. The van der Waals surface area contributed by atoms with Crippen LogP contribution >= 0.6 is 0 Å². The van der Waals surface area contributed by atoms with Crippen LogP contribution in [0.15, 0.2) is 29.3 Å². The van der Waals surface area contributed by atoms with Gasteiger partial charge in [0.25, 0.3) is 5.91 Å². The zero-order chi connectivity index (χ0) is 21.1. The quantitative estimate of drug-likeness (QED) is 0.611. The topological polar surface area (TPSA) is 57.2 Å². The number of hydrogen-bond donors (Lipinski definition) is 1. The third kappa shape index (κ3) is 4.64. The Balaban J connectivity index is 1.31. The Kier molecular flexibility index (Phi) is 6.32. The molecule has 1 aromatic carbocycles. The highest BCUT2D eigenvalue weighted by Gasteiger charge is 2.41. The van der Waals surface area contributed by atoms with Crippen molar-refractivity contribution < 1.29 is 9.53 Å². The summed E-state index contributed by atoms with van der Waals surface area (Å²) in [6.45, 7) is 8.30. The molecule has 1 aliphatic carbocycles. The molecule has 6 nitrogen and oxygen atoms in total. The van der Waals surface area contributed by atoms with Gasteiger partial charge in [-0.25, -0.2) is 0 Å². The third-order valence-electron chi connectivity index (χ3n) is 6.97. The van der Waals surface area contributed by atoms with Crippen LogP contribution in [0.1, 0.15) is 61.9 Å². The van der Waals surface area contributed by atoms with Crippen LogP contribution in [0.2, 0.25) is 0 Å². The van der Waals surface area contributed by atoms with Gasteiger partial charge in [0, 0.05) is 45.3 Å². The van der Waals surface area contributed by atoms with E-state index >= 15 is 0 Å². The van der Waals surface area contributed by atoms with Gasteiger partial charge in [0.1, 0.15) is 0 Å². The number of carbonyl (C=O) groups is 1. The fraction of sp³-hybridized carbons (Fsp3) is 0.667.